The SMILES string of the molecule is COC(=O)[C@@H](c1ccc2ccccc2c1)C1CCCCN1. The molecule has 0 spiro atoms. The van der Waals surface area contributed by atoms with Crippen LogP contribution in [0, 0.1) is 0 Å². The summed E-state index contributed by atoms with van der Waals surface area (Å²) in [5.41, 5.74) is 1.04. The molecule has 110 valence electrons. The number of methoxy groups -OCH3 is 1. The average Bonchev–Trinajstić information content (AvgIpc) is 2.56. The van der Waals surface area contributed by atoms with Gasteiger partial charge in [-0.2, -0.15) is 0 Å². The predicted molar refractivity (Wildman–Crippen MR) is 84.3 cm³/mol. The highest BCUT2D eigenvalue weighted by Gasteiger charge is 2.31. The van der Waals surface area contributed by atoms with Gasteiger partial charge >= 0.3 is 5.97 Å². The van der Waals surface area contributed by atoms with Gasteiger partial charge in [0.25, 0.3) is 0 Å². The van der Waals surface area contributed by atoms with E-state index in [1.165, 1.54) is 30.7 Å². The van der Waals surface area contributed by atoms with Gasteiger partial charge < -0.3 is 10.1 Å². The van der Waals surface area contributed by atoms with Gasteiger partial charge in [0.05, 0.1) is 13.0 Å². The molecule has 3 rings (SSSR count). The largest absolute Gasteiger partial charge is 0.469 e. The molecule has 0 saturated carbocycles. The van der Waals surface area contributed by atoms with Crippen molar-refractivity contribution in [2.75, 3.05) is 13.7 Å². The van der Waals surface area contributed by atoms with Crippen molar-refractivity contribution >= 4 is 16.7 Å². The monoisotopic (exact) mass is 283 g/mol. The van der Waals surface area contributed by atoms with Gasteiger partial charge in [0.2, 0.25) is 0 Å². The molecule has 0 aliphatic carbocycles. The van der Waals surface area contributed by atoms with Crippen LogP contribution in [0.4, 0.5) is 0 Å². The van der Waals surface area contributed by atoms with E-state index >= 15 is 0 Å². The average molecular weight is 283 g/mol. The second-order valence-electron chi connectivity index (χ2n) is 5.66. The third-order valence-electron chi connectivity index (χ3n) is 4.34. The second kappa shape index (κ2) is 6.27. The second-order valence-corrected chi connectivity index (χ2v) is 5.66. The summed E-state index contributed by atoms with van der Waals surface area (Å²) in [6.45, 7) is 0.978. The normalized spacial score (nSPS) is 20.1. The standard InChI is InChI=1S/C18H21NO2/c1-21-18(20)17(16-8-4-5-11-19-16)15-10-9-13-6-2-3-7-14(13)12-15/h2-3,6-7,9-10,12,16-17,19H,4-5,8,11H2,1H3/t16?,17-/m0/s1. The smallest absolute Gasteiger partial charge is 0.314 e. The van der Waals surface area contributed by atoms with E-state index in [1.54, 1.807) is 0 Å². The van der Waals surface area contributed by atoms with Gasteiger partial charge in [-0.05, 0) is 35.7 Å². The zero-order valence-corrected chi connectivity index (χ0v) is 12.3. The molecule has 0 amide bonds. The van der Waals surface area contributed by atoms with Crippen LogP contribution in [0.2, 0.25) is 0 Å². The number of rotatable bonds is 3. The summed E-state index contributed by atoms with van der Waals surface area (Å²) < 4.78 is 5.05. The molecule has 0 aromatic heterocycles. The number of nitrogens with one attached hydrogen (secondary N) is 1. The molecule has 1 unspecified atom stereocenters. The minimum Gasteiger partial charge on any atom is -0.469 e. The Bertz CT molecular complexity index is 632. The Morgan fingerprint density at radius 3 is 2.71 bits per heavy atom. The third kappa shape index (κ3) is 2.93. The molecule has 0 radical (unpaired) electrons. The molecular formula is C18H21NO2. The highest BCUT2D eigenvalue weighted by molar-refractivity contribution is 5.86. The number of piperidine rings is 1. The molecule has 1 saturated heterocycles. The lowest BCUT2D eigenvalue weighted by molar-refractivity contribution is -0.143. The van der Waals surface area contributed by atoms with Crippen LogP contribution >= 0.6 is 0 Å². The van der Waals surface area contributed by atoms with Crippen molar-refractivity contribution in [2.45, 2.75) is 31.2 Å². The maximum atomic E-state index is 12.3. The lowest BCUT2D eigenvalue weighted by atomic mass is 9.85. The Balaban J connectivity index is 1.98. The molecule has 1 heterocycles. The van der Waals surface area contributed by atoms with Gasteiger partial charge in [-0.3, -0.25) is 4.79 Å². The first-order chi connectivity index (χ1) is 10.3. The van der Waals surface area contributed by atoms with E-state index in [0.29, 0.717) is 0 Å². The summed E-state index contributed by atoms with van der Waals surface area (Å²) in [5.74, 6) is -0.371. The summed E-state index contributed by atoms with van der Waals surface area (Å²) in [6, 6.07) is 14.7. The van der Waals surface area contributed by atoms with Crippen molar-refractivity contribution < 1.29 is 9.53 Å². The fourth-order valence-corrected chi connectivity index (χ4v) is 3.22. The molecule has 2 atom stereocenters. The number of esters is 1. The summed E-state index contributed by atoms with van der Waals surface area (Å²) in [7, 11) is 1.47. The molecule has 2 aromatic rings. The molecule has 2 aromatic carbocycles. The first-order valence-corrected chi connectivity index (χ1v) is 7.59. The maximum Gasteiger partial charge on any atom is 0.314 e. The Morgan fingerprint density at radius 1 is 1.19 bits per heavy atom. The van der Waals surface area contributed by atoms with Crippen LogP contribution in [0.5, 0.6) is 0 Å². The number of hydrogen-bond acceptors (Lipinski definition) is 3. The first kappa shape index (κ1) is 14.1. The van der Waals surface area contributed by atoms with Crippen LogP contribution in [0.15, 0.2) is 42.5 Å². The molecular weight excluding hydrogens is 262 g/mol. The van der Waals surface area contributed by atoms with Gasteiger partial charge in [0, 0.05) is 6.04 Å². The van der Waals surface area contributed by atoms with E-state index in [1.807, 2.05) is 12.1 Å². The number of carbonyl (C=O) groups is 1. The predicted octanol–water partition coefficient (Wildman–Crippen LogP) is 3.24. The Labute approximate surface area is 125 Å². The molecule has 3 nitrogen and oxygen atoms in total. The number of fused-ring (bicyclic) bond motifs is 1. The highest BCUT2D eigenvalue weighted by atomic mass is 16.5. The Morgan fingerprint density at radius 2 is 2.00 bits per heavy atom. The third-order valence-corrected chi connectivity index (χ3v) is 4.34. The van der Waals surface area contributed by atoms with Crippen LogP contribution in [0.25, 0.3) is 10.8 Å². The summed E-state index contributed by atoms with van der Waals surface area (Å²) in [4.78, 5) is 12.3. The molecule has 1 aliphatic rings. The van der Waals surface area contributed by atoms with Crippen molar-refractivity contribution in [1.82, 2.24) is 5.32 Å². The minimum atomic E-state index is -0.222. The summed E-state index contributed by atoms with van der Waals surface area (Å²) >= 11 is 0. The lowest BCUT2D eigenvalue weighted by Crippen LogP contribution is -2.42. The number of hydrogen-bond donors (Lipinski definition) is 1. The molecule has 1 N–H and O–H groups in total. The van der Waals surface area contributed by atoms with E-state index in [-0.39, 0.29) is 17.9 Å². The van der Waals surface area contributed by atoms with Gasteiger partial charge in [-0.15, -0.1) is 0 Å². The van der Waals surface area contributed by atoms with Crippen molar-refractivity contribution in [3.8, 4) is 0 Å². The minimum absolute atomic E-state index is 0.148. The van der Waals surface area contributed by atoms with E-state index in [0.717, 1.165) is 18.5 Å². The lowest BCUT2D eigenvalue weighted by Gasteiger charge is -2.30. The fraction of sp³-hybridized carbons (Fsp3) is 0.389. The van der Waals surface area contributed by atoms with Crippen molar-refractivity contribution in [3.05, 3.63) is 48.0 Å². The Kier molecular flexibility index (Phi) is 4.20. The first-order valence-electron chi connectivity index (χ1n) is 7.59. The van der Waals surface area contributed by atoms with Crippen molar-refractivity contribution in [3.63, 3.8) is 0 Å². The van der Waals surface area contributed by atoms with E-state index in [9.17, 15) is 4.79 Å². The molecule has 21 heavy (non-hydrogen) atoms. The van der Waals surface area contributed by atoms with E-state index in [4.69, 9.17) is 4.74 Å². The van der Waals surface area contributed by atoms with Crippen LogP contribution in [-0.2, 0) is 9.53 Å². The summed E-state index contributed by atoms with van der Waals surface area (Å²) in [6.07, 6.45) is 3.37. The maximum absolute atomic E-state index is 12.3. The Hall–Kier alpha value is -1.87. The molecule has 3 heteroatoms. The topological polar surface area (TPSA) is 38.3 Å². The van der Waals surface area contributed by atoms with Gasteiger partial charge in [0.15, 0.2) is 0 Å². The quantitative estimate of drug-likeness (QED) is 0.879. The van der Waals surface area contributed by atoms with E-state index < -0.39 is 0 Å². The van der Waals surface area contributed by atoms with E-state index in [2.05, 4.69) is 35.6 Å². The van der Waals surface area contributed by atoms with Crippen molar-refractivity contribution in [2.24, 2.45) is 0 Å². The van der Waals surface area contributed by atoms with Gasteiger partial charge in [-0.1, -0.05) is 48.9 Å². The van der Waals surface area contributed by atoms with Gasteiger partial charge in [-0.25, -0.2) is 0 Å². The van der Waals surface area contributed by atoms with Crippen LogP contribution in [0.1, 0.15) is 30.7 Å². The fourth-order valence-electron chi connectivity index (χ4n) is 3.22. The number of benzene rings is 2. The molecule has 0 bridgehead atoms. The highest BCUT2D eigenvalue weighted by Crippen LogP contribution is 2.29. The van der Waals surface area contributed by atoms with Crippen LogP contribution in [-0.4, -0.2) is 25.7 Å². The zero-order chi connectivity index (χ0) is 14.7. The number of carbonyl (C=O) groups excluding carboxylic acids is 1. The summed E-state index contributed by atoms with van der Waals surface area (Å²) in [5, 5.41) is 5.84. The van der Waals surface area contributed by atoms with Gasteiger partial charge in [0.1, 0.15) is 0 Å². The van der Waals surface area contributed by atoms with Crippen LogP contribution < -0.4 is 5.32 Å². The molecule has 1 fully saturated rings. The number of ether oxygens (including phenoxy) is 1. The van der Waals surface area contributed by atoms with Crippen molar-refractivity contribution in [1.29, 1.82) is 0 Å². The molecule has 1 aliphatic heterocycles. The van der Waals surface area contributed by atoms with Crippen LogP contribution in [0.3, 0.4) is 0 Å². The zero-order valence-electron chi connectivity index (χ0n) is 12.3.